The minimum Gasteiger partial charge on any atom is -0.481 e. The van der Waals surface area contributed by atoms with Crippen molar-refractivity contribution in [3.05, 3.63) is 47.3 Å². The van der Waals surface area contributed by atoms with E-state index >= 15 is 0 Å². The second-order valence-electron chi connectivity index (χ2n) is 4.89. The standard InChI is InChI=1S/C16H16N2O4S/c17-15(21)11(6-9-14(19)20)18-16(22)13-8-7-12(23-13)10-4-2-1-3-5-10/h1-5,7-8,11H,6,9H2,(H2,17,21)(H,18,22)(H,19,20)/t11-/m0/s1. The lowest BCUT2D eigenvalue weighted by Crippen LogP contribution is -2.44. The first-order chi connectivity index (χ1) is 11.0. The Balaban J connectivity index is 2.06. The van der Waals surface area contributed by atoms with Gasteiger partial charge in [0, 0.05) is 11.3 Å². The van der Waals surface area contributed by atoms with Crippen molar-refractivity contribution >= 4 is 29.1 Å². The summed E-state index contributed by atoms with van der Waals surface area (Å²) in [5, 5.41) is 11.1. The number of thiophene rings is 1. The lowest BCUT2D eigenvalue weighted by atomic mass is 10.1. The summed E-state index contributed by atoms with van der Waals surface area (Å²) in [4.78, 5) is 35.5. The van der Waals surface area contributed by atoms with E-state index < -0.39 is 23.8 Å². The van der Waals surface area contributed by atoms with Gasteiger partial charge in [0.15, 0.2) is 0 Å². The second kappa shape index (κ2) is 7.55. The van der Waals surface area contributed by atoms with Crippen molar-refractivity contribution in [2.24, 2.45) is 5.73 Å². The van der Waals surface area contributed by atoms with Crippen molar-refractivity contribution in [1.29, 1.82) is 0 Å². The summed E-state index contributed by atoms with van der Waals surface area (Å²) in [5.41, 5.74) is 6.20. The molecule has 23 heavy (non-hydrogen) atoms. The third kappa shape index (κ3) is 4.65. The van der Waals surface area contributed by atoms with Crippen LogP contribution in [-0.2, 0) is 9.59 Å². The highest BCUT2D eigenvalue weighted by atomic mass is 32.1. The van der Waals surface area contributed by atoms with Gasteiger partial charge in [0.1, 0.15) is 6.04 Å². The van der Waals surface area contributed by atoms with Crippen LogP contribution in [0.1, 0.15) is 22.5 Å². The Hall–Kier alpha value is -2.67. The quantitative estimate of drug-likeness (QED) is 0.719. The van der Waals surface area contributed by atoms with E-state index in [1.165, 1.54) is 11.3 Å². The van der Waals surface area contributed by atoms with Crippen molar-refractivity contribution < 1.29 is 19.5 Å². The number of carbonyl (C=O) groups is 3. The van der Waals surface area contributed by atoms with Gasteiger partial charge in [-0.2, -0.15) is 0 Å². The van der Waals surface area contributed by atoms with Gasteiger partial charge in [-0.15, -0.1) is 11.3 Å². The van der Waals surface area contributed by atoms with Gasteiger partial charge in [-0.05, 0) is 24.1 Å². The Morgan fingerprint density at radius 3 is 2.43 bits per heavy atom. The Kier molecular flexibility index (Phi) is 5.48. The minimum absolute atomic E-state index is 0.0344. The zero-order chi connectivity index (χ0) is 16.8. The highest BCUT2D eigenvalue weighted by Crippen LogP contribution is 2.27. The summed E-state index contributed by atoms with van der Waals surface area (Å²) in [6, 6.07) is 12.1. The second-order valence-corrected chi connectivity index (χ2v) is 5.97. The van der Waals surface area contributed by atoms with Crippen molar-refractivity contribution in [3.8, 4) is 10.4 Å². The minimum atomic E-state index is -1.05. The van der Waals surface area contributed by atoms with E-state index in [0.717, 1.165) is 10.4 Å². The molecule has 0 spiro atoms. The Morgan fingerprint density at radius 1 is 1.13 bits per heavy atom. The van der Waals surface area contributed by atoms with E-state index in [4.69, 9.17) is 10.8 Å². The third-order valence-electron chi connectivity index (χ3n) is 3.18. The normalized spacial score (nSPS) is 11.7. The van der Waals surface area contributed by atoms with Crippen LogP contribution in [-0.4, -0.2) is 28.9 Å². The number of aliphatic carboxylic acids is 1. The number of amides is 2. The van der Waals surface area contributed by atoms with Gasteiger partial charge in [0.2, 0.25) is 5.91 Å². The average Bonchev–Trinajstić information content (AvgIpc) is 3.01. The van der Waals surface area contributed by atoms with E-state index in [0.29, 0.717) is 4.88 Å². The molecule has 0 aliphatic carbocycles. The molecule has 0 saturated heterocycles. The molecule has 1 aromatic carbocycles. The lowest BCUT2D eigenvalue weighted by molar-refractivity contribution is -0.137. The molecule has 0 radical (unpaired) electrons. The van der Waals surface area contributed by atoms with Gasteiger partial charge in [-0.3, -0.25) is 14.4 Å². The van der Waals surface area contributed by atoms with Crippen molar-refractivity contribution in [1.82, 2.24) is 5.32 Å². The zero-order valence-corrected chi connectivity index (χ0v) is 13.0. The van der Waals surface area contributed by atoms with Gasteiger partial charge in [0.05, 0.1) is 4.88 Å². The van der Waals surface area contributed by atoms with Crippen LogP contribution in [0, 0.1) is 0 Å². The van der Waals surface area contributed by atoms with Crippen LogP contribution >= 0.6 is 11.3 Å². The topological polar surface area (TPSA) is 109 Å². The maximum atomic E-state index is 12.2. The number of nitrogens with two attached hydrogens (primary N) is 1. The van der Waals surface area contributed by atoms with Crippen molar-refractivity contribution in [3.63, 3.8) is 0 Å². The molecule has 2 aromatic rings. The monoisotopic (exact) mass is 332 g/mol. The summed E-state index contributed by atoms with van der Waals surface area (Å²) in [6.07, 6.45) is -0.277. The van der Waals surface area contributed by atoms with Crippen LogP contribution in [0.3, 0.4) is 0 Å². The number of rotatable bonds is 7. The molecular weight excluding hydrogens is 316 g/mol. The summed E-state index contributed by atoms with van der Waals surface area (Å²) in [6.45, 7) is 0. The summed E-state index contributed by atoms with van der Waals surface area (Å²) in [5.74, 6) is -2.24. The molecular formula is C16H16N2O4S. The number of hydrogen-bond donors (Lipinski definition) is 3. The Morgan fingerprint density at radius 2 is 1.83 bits per heavy atom. The fraction of sp³-hybridized carbons (Fsp3) is 0.188. The molecule has 120 valence electrons. The number of carboxylic acids is 1. The molecule has 6 nitrogen and oxygen atoms in total. The zero-order valence-electron chi connectivity index (χ0n) is 12.2. The molecule has 2 rings (SSSR count). The molecule has 0 saturated carbocycles. The summed E-state index contributed by atoms with van der Waals surface area (Å²) in [7, 11) is 0. The van der Waals surface area contributed by atoms with Crippen LogP contribution in [0.2, 0.25) is 0 Å². The predicted octanol–water partition coefficient (Wildman–Crippen LogP) is 1.86. The van der Waals surface area contributed by atoms with Gasteiger partial charge >= 0.3 is 5.97 Å². The van der Waals surface area contributed by atoms with Gasteiger partial charge in [0.25, 0.3) is 5.91 Å². The van der Waals surface area contributed by atoms with Crippen LogP contribution in [0.4, 0.5) is 0 Å². The van der Waals surface area contributed by atoms with Gasteiger partial charge < -0.3 is 16.2 Å². The van der Waals surface area contributed by atoms with Crippen LogP contribution in [0.15, 0.2) is 42.5 Å². The molecule has 0 aliphatic rings. The van der Waals surface area contributed by atoms with E-state index in [2.05, 4.69) is 5.32 Å². The number of benzene rings is 1. The number of primary amides is 1. The molecule has 7 heteroatoms. The SMILES string of the molecule is NC(=O)[C@H](CCC(=O)O)NC(=O)c1ccc(-c2ccccc2)s1. The number of carbonyl (C=O) groups excluding carboxylic acids is 2. The summed E-state index contributed by atoms with van der Waals surface area (Å²) < 4.78 is 0. The van der Waals surface area contributed by atoms with Crippen LogP contribution in [0.5, 0.6) is 0 Å². The van der Waals surface area contributed by atoms with E-state index in [1.807, 2.05) is 36.4 Å². The van der Waals surface area contributed by atoms with E-state index in [1.54, 1.807) is 6.07 Å². The highest BCUT2D eigenvalue weighted by molar-refractivity contribution is 7.17. The third-order valence-corrected chi connectivity index (χ3v) is 4.32. The maximum absolute atomic E-state index is 12.2. The first-order valence-electron chi connectivity index (χ1n) is 6.94. The van der Waals surface area contributed by atoms with Crippen LogP contribution in [0.25, 0.3) is 10.4 Å². The van der Waals surface area contributed by atoms with Crippen molar-refractivity contribution in [2.75, 3.05) is 0 Å². The Bertz CT molecular complexity index is 712. The fourth-order valence-electron chi connectivity index (χ4n) is 2.00. The van der Waals surface area contributed by atoms with Gasteiger partial charge in [-0.1, -0.05) is 30.3 Å². The molecule has 0 unspecified atom stereocenters. The maximum Gasteiger partial charge on any atom is 0.303 e. The lowest BCUT2D eigenvalue weighted by Gasteiger charge is -2.13. The predicted molar refractivity (Wildman–Crippen MR) is 87.1 cm³/mol. The first kappa shape index (κ1) is 16.7. The molecule has 0 fully saturated rings. The first-order valence-corrected chi connectivity index (χ1v) is 7.76. The average molecular weight is 332 g/mol. The van der Waals surface area contributed by atoms with E-state index in [9.17, 15) is 14.4 Å². The van der Waals surface area contributed by atoms with Gasteiger partial charge in [-0.25, -0.2) is 0 Å². The smallest absolute Gasteiger partial charge is 0.303 e. The number of carboxylic acid groups (broad SMARTS) is 1. The molecule has 4 N–H and O–H groups in total. The van der Waals surface area contributed by atoms with Crippen LogP contribution < -0.4 is 11.1 Å². The highest BCUT2D eigenvalue weighted by Gasteiger charge is 2.21. The molecule has 2 amide bonds. The Labute approximate surface area is 136 Å². The summed E-state index contributed by atoms with van der Waals surface area (Å²) >= 11 is 1.29. The van der Waals surface area contributed by atoms with E-state index in [-0.39, 0.29) is 12.8 Å². The van der Waals surface area contributed by atoms with Crippen molar-refractivity contribution in [2.45, 2.75) is 18.9 Å². The fourth-order valence-corrected chi connectivity index (χ4v) is 2.91. The largest absolute Gasteiger partial charge is 0.481 e. The molecule has 1 heterocycles. The molecule has 1 atom stereocenters. The number of hydrogen-bond acceptors (Lipinski definition) is 4. The molecule has 1 aromatic heterocycles. The number of nitrogens with one attached hydrogen (secondary N) is 1. The molecule has 0 aliphatic heterocycles. The molecule has 0 bridgehead atoms.